The average Bonchev–Trinajstić information content (AvgIpc) is 2.59. The Labute approximate surface area is 101 Å². The monoisotopic (exact) mass is 253 g/mol. The summed E-state index contributed by atoms with van der Waals surface area (Å²) < 4.78 is 24.3. The van der Waals surface area contributed by atoms with E-state index in [4.69, 9.17) is 0 Å². The molecule has 1 aromatic rings. The van der Waals surface area contributed by atoms with Crippen molar-refractivity contribution in [3.63, 3.8) is 0 Å². The molecule has 0 spiro atoms. The lowest BCUT2D eigenvalue weighted by Gasteiger charge is -2.12. The molecule has 1 saturated heterocycles. The first-order chi connectivity index (χ1) is 8.08. The molecule has 0 N–H and O–H groups in total. The summed E-state index contributed by atoms with van der Waals surface area (Å²) >= 11 is 0. The minimum Gasteiger partial charge on any atom is -0.298 e. The summed E-state index contributed by atoms with van der Waals surface area (Å²) in [6, 6.07) is 9.37. The number of Topliss-reactive ketones (excluding diaryl/α,β-unsaturated/α-hetero) is 1. The second-order valence-corrected chi connectivity index (χ2v) is 6.29. The number of carbonyl (C=O) groups is 1. The predicted molar refractivity (Wildman–Crippen MR) is 65.1 cm³/mol. The topological polar surface area (TPSA) is 54.5 Å². The molecule has 0 aromatic heterocycles. The molecule has 5 heteroatoms. The first-order valence-electron chi connectivity index (χ1n) is 5.61. The van der Waals surface area contributed by atoms with Crippen LogP contribution in [-0.2, 0) is 21.2 Å². The number of carbonyl (C=O) groups excluding carboxylic acids is 1. The highest BCUT2D eigenvalue weighted by Crippen LogP contribution is 2.13. The van der Waals surface area contributed by atoms with Gasteiger partial charge in [-0.15, -0.1) is 0 Å². The first-order valence-corrected chi connectivity index (χ1v) is 7.22. The summed E-state index contributed by atoms with van der Waals surface area (Å²) in [6.45, 7) is 0.486. The lowest BCUT2D eigenvalue weighted by molar-refractivity contribution is -0.118. The Balaban J connectivity index is 1.94. The molecule has 0 atom stereocenters. The highest BCUT2D eigenvalue weighted by atomic mass is 32.2. The van der Waals surface area contributed by atoms with E-state index in [2.05, 4.69) is 0 Å². The molecule has 2 rings (SSSR count). The fourth-order valence-electron chi connectivity index (χ4n) is 1.95. The third-order valence-corrected chi connectivity index (χ3v) is 4.70. The van der Waals surface area contributed by atoms with Crippen molar-refractivity contribution in [2.45, 2.75) is 12.8 Å². The van der Waals surface area contributed by atoms with Crippen molar-refractivity contribution in [2.75, 3.05) is 18.8 Å². The minimum atomic E-state index is -3.16. The average molecular weight is 253 g/mol. The van der Waals surface area contributed by atoms with Crippen molar-refractivity contribution in [3.8, 4) is 0 Å². The molecule has 0 radical (unpaired) electrons. The largest absolute Gasteiger partial charge is 0.298 e. The van der Waals surface area contributed by atoms with Crippen LogP contribution in [-0.4, -0.2) is 37.3 Å². The first kappa shape index (κ1) is 12.3. The number of benzene rings is 1. The molecule has 0 bridgehead atoms. The maximum Gasteiger partial charge on any atom is 0.214 e. The summed E-state index contributed by atoms with van der Waals surface area (Å²) in [4.78, 5) is 11.8. The third kappa shape index (κ3) is 3.14. The SMILES string of the molecule is O=C(Cc1ccccc1)CN1CCCS1(=O)=O. The van der Waals surface area contributed by atoms with Crippen LogP contribution < -0.4 is 0 Å². The van der Waals surface area contributed by atoms with E-state index in [1.807, 2.05) is 30.3 Å². The second-order valence-electron chi connectivity index (χ2n) is 4.20. The van der Waals surface area contributed by atoms with E-state index >= 15 is 0 Å². The molecule has 0 aliphatic carbocycles. The van der Waals surface area contributed by atoms with E-state index in [1.54, 1.807) is 0 Å². The van der Waals surface area contributed by atoms with Gasteiger partial charge in [0.25, 0.3) is 0 Å². The van der Waals surface area contributed by atoms with Gasteiger partial charge in [-0.1, -0.05) is 30.3 Å². The summed E-state index contributed by atoms with van der Waals surface area (Å²) in [7, 11) is -3.16. The van der Waals surface area contributed by atoms with E-state index in [1.165, 1.54) is 4.31 Å². The Morgan fingerprint density at radius 3 is 2.53 bits per heavy atom. The highest BCUT2D eigenvalue weighted by molar-refractivity contribution is 7.89. The van der Waals surface area contributed by atoms with Gasteiger partial charge < -0.3 is 0 Å². The van der Waals surface area contributed by atoms with Gasteiger partial charge in [-0.2, -0.15) is 4.31 Å². The van der Waals surface area contributed by atoms with Crippen molar-refractivity contribution in [1.82, 2.24) is 4.31 Å². The number of rotatable bonds is 4. The molecular weight excluding hydrogens is 238 g/mol. The molecule has 1 aliphatic heterocycles. The van der Waals surface area contributed by atoms with Crippen LogP contribution in [0.15, 0.2) is 30.3 Å². The van der Waals surface area contributed by atoms with Crippen LogP contribution in [0.2, 0.25) is 0 Å². The van der Waals surface area contributed by atoms with Gasteiger partial charge in [-0.3, -0.25) is 4.79 Å². The Bertz CT molecular complexity index is 496. The van der Waals surface area contributed by atoms with E-state index in [0.717, 1.165) is 5.56 Å². The number of hydrogen-bond acceptors (Lipinski definition) is 3. The second kappa shape index (κ2) is 4.98. The molecule has 0 saturated carbocycles. The van der Waals surface area contributed by atoms with Gasteiger partial charge in [0.2, 0.25) is 10.0 Å². The van der Waals surface area contributed by atoms with Gasteiger partial charge in [0.05, 0.1) is 12.3 Å². The van der Waals surface area contributed by atoms with Crippen LogP contribution in [0.25, 0.3) is 0 Å². The van der Waals surface area contributed by atoms with Crippen molar-refractivity contribution in [3.05, 3.63) is 35.9 Å². The molecule has 1 aromatic carbocycles. The Kier molecular flexibility index (Phi) is 3.59. The lowest BCUT2D eigenvalue weighted by Crippen LogP contribution is -2.32. The minimum absolute atomic E-state index is 0.0111. The van der Waals surface area contributed by atoms with E-state index in [9.17, 15) is 13.2 Å². The van der Waals surface area contributed by atoms with Crippen LogP contribution in [0, 0.1) is 0 Å². The number of ketones is 1. The van der Waals surface area contributed by atoms with Crippen LogP contribution in [0.5, 0.6) is 0 Å². The number of hydrogen-bond donors (Lipinski definition) is 0. The van der Waals surface area contributed by atoms with Crippen molar-refractivity contribution in [2.24, 2.45) is 0 Å². The Morgan fingerprint density at radius 1 is 1.24 bits per heavy atom. The summed E-state index contributed by atoms with van der Waals surface area (Å²) in [6.07, 6.45) is 0.924. The fraction of sp³-hybridized carbons (Fsp3) is 0.417. The van der Waals surface area contributed by atoms with Crippen LogP contribution in [0.1, 0.15) is 12.0 Å². The smallest absolute Gasteiger partial charge is 0.214 e. The zero-order valence-corrected chi connectivity index (χ0v) is 10.3. The lowest BCUT2D eigenvalue weighted by atomic mass is 10.1. The highest BCUT2D eigenvalue weighted by Gasteiger charge is 2.29. The van der Waals surface area contributed by atoms with Gasteiger partial charge >= 0.3 is 0 Å². The molecule has 17 heavy (non-hydrogen) atoms. The molecule has 1 fully saturated rings. The molecule has 1 heterocycles. The molecule has 0 amide bonds. The molecule has 4 nitrogen and oxygen atoms in total. The van der Waals surface area contributed by atoms with Crippen molar-refractivity contribution < 1.29 is 13.2 Å². The van der Waals surface area contributed by atoms with Gasteiger partial charge in [-0.25, -0.2) is 8.42 Å². The van der Waals surface area contributed by atoms with Gasteiger partial charge in [0.15, 0.2) is 5.78 Å². The van der Waals surface area contributed by atoms with Gasteiger partial charge in [0.1, 0.15) is 0 Å². The summed E-state index contributed by atoms with van der Waals surface area (Å²) in [5.74, 6) is 0.118. The van der Waals surface area contributed by atoms with Crippen molar-refractivity contribution >= 4 is 15.8 Å². The maximum atomic E-state index is 11.8. The predicted octanol–water partition coefficient (Wildman–Crippen LogP) is 0.834. The van der Waals surface area contributed by atoms with E-state index < -0.39 is 10.0 Å². The number of nitrogens with zero attached hydrogens (tertiary/aromatic N) is 1. The van der Waals surface area contributed by atoms with Gasteiger partial charge in [0, 0.05) is 13.0 Å². The van der Waals surface area contributed by atoms with Crippen molar-refractivity contribution in [1.29, 1.82) is 0 Å². The summed E-state index contributed by atoms with van der Waals surface area (Å²) in [5, 5.41) is 0. The number of sulfonamides is 1. The van der Waals surface area contributed by atoms with E-state index in [0.29, 0.717) is 19.4 Å². The standard InChI is InChI=1S/C12H15NO3S/c14-12(9-11-5-2-1-3-6-11)10-13-7-4-8-17(13,15)16/h1-3,5-6H,4,7-10H2. The zero-order chi connectivity index (χ0) is 12.3. The normalized spacial score (nSPS) is 19.3. The van der Waals surface area contributed by atoms with Gasteiger partial charge in [-0.05, 0) is 12.0 Å². The fourth-order valence-corrected chi connectivity index (χ4v) is 3.45. The maximum absolute atomic E-state index is 11.8. The Hall–Kier alpha value is -1.20. The zero-order valence-electron chi connectivity index (χ0n) is 9.50. The van der Waals surface area contributed by atoms with Crippen LogP contribution in [0.3, 0.4) is 0 Å². The van der Waals surface area contributed by atoms with Crippen LogP contribution >= 0.6 is 0 Å². The summed E-state index contributed by atoms with van der Waals surface area (Å²) in [5.41, 5.74) is 0.925. The van der Waals surface area contributed by atoms with Crippen LogP contribution in [0.4, 0.5) is 0 Å². The quantitative estimate of drug-likeness (QED) is 0.798. The molecule has 0 unspecified atom stereocenters. The molecule has 92 valence electrons. The molecular formula is C12H15NO3S. The third-order valence-electron chi connectivity index (χ3n) is 2.80. The van der Waals surface area contributed by atoms with E-state index in [-0.39, 0.29) is 18.1 Å². The Morgan fingerprint density at radius 2 is 1.94 bits per heavy atom. The molecule has 1 aliphatic rings.